The second-order valence-electron chi connectivity index (χ2n) is 9.15. The number of methoxy groups -OCH3 is 5. The molecule has 0 aliphatic carbocycles. The predicted molar refractivity (Wildman–Crippen MR) is 162 cm³/mol. The molecular formula is C33H30N2O10. The molecule has 0 spiro atoms. The van der Waals surface area contributed by atoms with Crippen LogP contribution >= 0.6 is 0 Å². The summed E-state index contributed by atoms with van der Waals surface area (Å²) < 4.78 is 31.6. The molecule has 232 valence electrons. The molecule has 0 saturated carbocycles. The Bertz CT molecular complexity index is 1710. The van der Waals surface area contributed by atoms with E-state index in [1.807, 2.05) is 0 Å². The summed E-state index contributed by atoms with van der Waals surface area (Å²) in [6, 6.07) is 20.2. The van der Waals surface area contributed by atoms with E-state index in [2.05, 4.69) is 4.98 Å². The molecular weight excluding hydrogens is 584 g/mol. The molecule has 0 N–H and O–H groups in total. The van der Waals surface area contributed by atoms with Crippen LogP contribution in [0.2, 0.25) is 0 Å². The zero-order chi connectivity index (χ0) is 32.5. The Balaban J connectivity index is 2.27. The fourth-order valence-electron chi connectivity index (χ4n) is 4.55. The highest BCUT2D eigenvalue weighted by atomic mass is 16.5. The average molecular weight is 615 g/mol. The smallest absolute Gasteiger partial charge is 0.374 e. The highest BCUT2D eigenvalue weighted by Gasteiger charge is 2.38. The fraction of sp³-hybridized carbons (Fsp3) is 0.182. The molecule has 2 heterocycles. The van der Waals surface area contributed by atoms with Gasteiger partial charge >= 0.3 is 23.9 Å². The van der Waals surface area contributed by atoms with E-state index in [1.165, 1.54) is 32.4 Å². The minimum atomic E-state index is -0.962. The van der Waals surface area contributed by atoms with Gasteiger partial charge in [-0.05, 0) is 48.5 Å². The molecule has 0 radical (unpaired) electrons. The first-order valence-corrected chi connectivity index (χ1v) is 13.4. The third-order valence-corrected chi connectivity index (χ3v) is 6.63. The molecule has 0 aliphatic heterocycles. The van der Waals surface area contributed by atoms with E-state index in [-0.39, 0.29) is 34.0 Å². The molecule has 4 aromatic rings. The highest BCUT2D eigenvalue weighted by molar-refractivity contribution is 6.13. The lowest BCUT2D eigenvalue weighted by atomic mass is 10.0. The van der Waals surface area contributed by atoms with E-state index in [9.17, 15) is 19.2 Å². The van der Waals surface area contributed by atoms with Crippen molar-refractivity contribution < 1.29 is 47.3 Å². The molecule has 0 aliphatic rings. The van der Waals surface area contributed by atoms with Crippen molar-refractivity contribution in [1.82, 2.24) is 4.98 Å². The molecule has 2 aromatic heterocycles. The van der Waals surface area contributed by atoms with Gasteiger partial charge in [0.15, 0.2) is 5.76 Å². The van der Waals surface area contributed by atoms with Gasteiger partial charge in [0.25, 0.3) is 0 Å². The van der Waals surface area contributed by atoms with Crippen LogP contribution in [-0.2, 0) is 28.5 Å². The number of furan rings is 1. The third-order valence-electron chi connectivity index (χ3n) is 6.63. The van der Waals surface area contributed by atoms with Gasteiger partial charge in [-0.2, -0.15) is 0 Å². The maximum Gasteiger partial charge on any atom is 0.374 e. The Morgan fingerprint density at radius 3 is 1.98 bits per heavy atom. The summed E-state index contributed by atoms with van der Waals surface area (Å²) in [6.07, 6.45) is 0.956. The van der Waals surface area contributed by atoms with Crippen LogP contribution in [0.3, 0.4) is 0 Å². The molecule has 0 fully saturated rings. The van der Waals surface area contributed by atoms with Gasteiger partial charge in [-0.1, -0.05) is 24.3 Å². The lowest BCUT2D eigenvalue weighted by Crippen LogP contribution is -2.25. The number of hydrogen-bond donors (Lipinski definition) is 0. The Hall–Kier alpha value is -5.91. The van der Waals surface area contributed by atoms with Crippen LogP contribution in [0, 0.1) is 0 Å². The summed E-state index contributed by atoms with van der Waals surface area (Å²) in [4.78, 5) is 58.8. The molecule has 45 heavy (non-hydrogen) atoms. The number of aromatic nitrogens is 1. The Morgan fingerprint density at radius 1 is 0.756 bits per heavy atom. The van der Waals surface area contributed by atoms with Gasteiger partial charge in [-0.15, -0.1) is 0 Å². The van der Waals surface area contributed by atoms with E-state index in [1.54, 1.807) is 72.8 Å². The SMILES string of the molecule is COC(=O)C/C(C(=O)OC)=C(/c1ccccn1)N(c1ccccc1)c1c(-c2ccc(OC)cc2)oc(C(=O)OC)c1C(=O)OC. The van der Waals surface area contributed by atoms with Crippen molar-refractivity contribution in [1.29, 1.82) is 0 Å². The van der Waals surface area contributed by atoms with E-state index in [4.69, 9.17) is 28.1 Å². The second kappa shape index (κ2) is 14.5. The van der Waals surface area contributed by atoms with Crippen LogP contribution < -0.4 is 9.64 Å². The molecule has 2 aromatic carbocycles. The van der Waals surface area contributed by atoms with Gasteiger partial charge in [0.1, 0.15) is 17.0 Å². The van der Waals surface area contributed by atoms with Crippen molar-refractivity contribution in [3.05, 3.63) is 102 Å². The minimum Gasteiger partial charge on any atom is -0.497 e. The number of carbonyl (C=O) groups excluding carboxylic acids is 4. The van der Waals surface area contributed by atoms with Crippen LogP contribution in [0.5, 0.6) is 5.75 Å². The van der Waals surface area contributed by atoms with Crippen LogP contribution in [0.25, 0.3) is 17.0 Å². The van der Waals surface area contributed by atoms with Crippen molar-refractivity contribution in [3.8, 4) is 17.1 Å². The lowest BCUT2D eigenvalue weighted by molar-refractivity contribution is -0.143. The standard InChI is InChI=1S/C33H30N2O10/c1-40-22-16-14-20(15-17-22)29-28(26(32(38)43-4)30(45-29)33(39)44-5)35(21-11-7-6-8-12-21)27(24-13-9-10-18-34-24)23(31(37)42-3)19-25(36)41-2/h6-18H,19H2,1-5H3/b27-23+. The molecule has 12 nitrogen and oxygen atoms in total. The number of carbonyl (C=O) groups is 4. The number of anilines is 2. The molecule has 0 atom stereocenters. The summed E-state index contributed by atoms with van der Waals surface area (Å²) in [5, 5.41) is 0. The van der Waals surface area contributed by atoms with Gasteiger partial charge in [0, 0.05) is 17.4 Å². The van der Waals surface area contributed by atoms with Crippen LogP contribution in [0.4, 0.5) is 11.4 Å². The molecule has 0 unspecified atom stereocenters. The van der Waals surface area contributed by atoms with Crippen molar-refractivity contribution in [2.24, 2.45) is 0 Å². The summed E-state index contributed by atoms with van der Waals surface area (Å²) in [7, 11) is 6.14. The van der Waals surface area contributed by atoms with E-state index < -0.39 is 36.1 Å². The van der Waals surface area contributed by atoms with Crippen molar-refractivity contribution >= 4 is 40.9 Å². The maximum absolute atomic E-state index is 13.6. The normalized spacial score (nSPS) is 11.1. The Morgan fingerprint density at radius 2 is 1.42 bits per heavy atom. The first-order valence-electron chi connectivity index (χ1n) is 13.4. The zero-order valence-corrected chi connectivity index (χ0v) is 25.2. The number of benzene rings is 2. The first-order chi connectivity index (χ1) is 21.8. The van der Waals surface area contributed by atoms with Gasteiger partial charge in [0.2, 0.25) is 5.76 Å². The number of para-hydroxylation sites is 1. The van der Waals surface area contributed by atoms with E-state index >= 15 is 0 Å². The maximum atomic E-state index is 13.6. The van der Waals surface area contributed by atoms with Gasteiger partial charge in [0.05, 0.1) is 58.9 Å². The number of pyridine rings is 1. The summed E-state index contributed by atoms with van der Waals surface area (Å²) in [5.74, 6) is -3.42. The molecule has 4 rings (SSSR count). The largest absolute Gasteiger partial charge is 0.497 e. The van der Waals surface area contributed by atoms with Gasteiger partial charge in [-0.25, -0.2) is 14.4 Å². The van der Waals surface area contributed by atoms with E-state index in [0.29, 0.717) is 17.0 Å². The van der Waals surface area contributed by atoms with Crippen LogP contribution in [0.1, 0.15) is 33.0 Å². The van der Waals surface area contributed by atoms with Crippen LogP contribution in [0.15, 0.2) is 89.0 Å². The monoisotopic (exact) mass is 614 g/mol. The van der Waals surface area contributed by atoms with Gasteiger partial charge in [-0.3, -0.25) is 9.78 Å². The minimum absolute atomic E-state index is 0.00876. The first kappa shape index (κ1) is 32.0. The zero-order valence-electron chi connectivity index (χ0n) is 25.2. The topological polar surface area (TPSA) is 144 Å². The number of ether oxygens (including phenoxy) is 5. The quantitative estimate of drug-likeness (QED) is 0.124. The van der Waals surface area contributed by atoms with Gasteiger partial charge < -0.3 is 33.0 Å². The molecule has 12 heteroatoms. The molecule has 0 saturated heterocycles. The van der Waals surface area contributed by atoms with Crippen molar-refractivity contribution in [2.45, 2.75) is 6.42 Å². The predicted octanol–water partition coefficient (Wildman–Crippen LogP) is 5.21. The Kier molecular flexibility index (Phi) is 10.3. The molecule has 0 amide bonds. The fourth-order valence-corrected chi connectivity index (χ4v) is 4.55. The van der Waals surface area contributed by atoms with Crippen LogP contribution in [-0.4, -0.2) is 64.4 Å². The summed E-state index contributed by atoms with van der Waals surface area (Å²) in [5.41, 5.74) is 0.574. The summed E-state index contributed by atoms with van der Waals surface area (Å²) in [6.45, 7) is 0. The summed E-state index contributed by atoms with van der Waals surface area (Å²) >= 11 is 0. The number of nitrogens with zero attached hydrogens (tertiary/aromatic N) is 2. The average Bonchev–Trinajstić information content (AvgIpc) is 3.49. The number of rotatable bonds is 11. The lowest BCUT2D eigenvalue weighted by Gasteiger charge is -2.30. The van der Waals surface area contributed by atoms with Crippen molar-refractivity contribution in [2.75, 3.05) is 40.4 Å². The third kappa shape index (κ3) is 6.69. The Labute approximate surface area is 258 Å². The molecule has 0 bridgehead atoms. The number of esters is 4. The van der Waals surface area contributed by atoms with E-state index in [0.717, 1.165) is 14.2 Å². The van der Waals surface area contributed by atoms with Crippen molar-refractivity contribution in [3.63, 3.8) is 0 Å². The highest BCUT2D eigenvalue weighted by Crippen LogP contribution is 2.47. The second-order valence-corrected chi connectivity index (χ2v) is 9.15. The number of hydrogen-bond acceptors (Lipinski definition) is 12.